The van der Waals surface area contributed by atoms with Crippen LogP contribution in [0.1, 0.15) is 36.1 Å². The lowest BCUT2D eigenvalue weighted by molar-refractivity contribution is -0.117. The van der Waals surface area contributed by atoms with E-state index >= 15 is 0 Å². The molecule has 2 aromatic rings. The molecule has 1 aliphatic rings. The third-order valence-electron chi connectivity index (χ3n) is 4.14. The summed E-state index contributed by atoms with van der Waals surface area (Å²) in [6.07, 6.45) is 1.38. The van der Waals surface area contributed by atoms with Crippen LogP contribution in [0.3, 0.4) is 0 Å². The van der Waals surface area contributed by atoms with Gasteiger partial charge in [-0.2, -0.15) is 0 Å². The molecule has 3 heteroatoms. The number of fused-ring (bicyclic) bond motifs is 3. The lowest BCUT2D eigenvalue weighted by Gasteiger charge is -2.15. The molecule has 108 valence electrons. The molecule has 0 fully saturated rings. The van der Waals surface area contributed by atoms with Crippen molar-refractivity contribution >= 4 is 5.91 Å². The third kappa shape index (κ3) is 2.83. The number of nitrogens with one attached hydrogen (secondary N) is 1. The van der Waals surface area contributed by atoms with Gasteiger partial charge in [-0.05, 0) is 41.2 Å². The number of carbonyl (C=O) groups excluding carboxylic acids is 1. The summed E-state index contributed by atoms with van der Waals surface area (Å²) in [7, 11) is 0. The molecule has 3 nitrogen and oxygen atoms in total. The predicted molar refractivity (Wildman–Crippen MR) is 84.9 cm³/mol. The van der Waals surface area contributed by atoms with Crippen LogP contribution in [0.25, 0.3) is 11.1 Å². The number of nitrogens with two attached hydrogens (primary N) is 1. The first-order valence-electron chi connectivity index (χ1n) is 7.38. The van der Waals surface area contributed by atoms with E-state index in [-0.39, 0.29) is 11.9 Å². The summed E-state index contributed by atoms with van der Waals surface area (Å²) in [4.78, 5) is 10.8. The zero-order chi connectivity index (χ0) is 14.8. The second-order valence-corrected chi connectivity index (χ2v) is 5.64. The Bertz CT molecular complexity index is 679. The van der Waals surface area contributed by atoms with Gasteiger partial charge >= 0.3 is 0 Å². The lowest BCUT2D eigenvalue weighted by Crippen LogP contribution is -2.24. The van der Waals surface area contributed by atoms with Crippen molar-refractivity contribution in [2.45, 2.75) is 25.8 Å². The Hall–Kier alpha value is -2.13. The first-order chi connectivity index (χ1) is 10.1. The zero-order valence-electron chi connectivity index (χ0n) is 12.2. The van der Waals surface area contributed by atoms with Gasteiger partial charge in [0.15, 0.2) is 0 Å². The maximum absolute atomic E-state index is 10.8. The van der Waals surface area contributed by atoms with Crippen molar-refractivity contribution in [3.63, 3.8) is 0 Å². The SMILES string of the molecule is CC(NCCC(N)=O)c1ccc2c(c1)Cc1ccccc1-2. The van der Waals surface area contributed by atoms with Crippen LogP contribution in [0.5, 0.6) is 0 Å². The molecule has 1 amide bonds. The monoisotopic (exact) mass is 280 g/mol. The molecule has 1 unspecified atom stereocenters. The van der Waals surface area contributed by atoms with Gasteiger partial charge in [0.25, 0.3) is 0 Å². The third-order valence-corrected chi connectivity index (χ3v) is 4.14. The molecule has 0 saturated heterocycles. The van der Waals surface area contributed by atoms with E-state index < -0.39 is 0 Å². The highest BCUT2D eigenvalue weighted by Gasteiger charge is 2.18. The minimum atomic E-state index is -0.265. The van der Waals surface area contributed by atoms with E-state index in [1.807, 2.05) is 0 Å². The minimum absolute atomic E-state index is 0.221. The fourth-order valence-corrected chi connectivity index (χ4v) is 2.96. The first kappa shape index (κ1) is 13.8. The molecule has 3 rings (SSSR count). The van der Waals surface area contributed by atoms with Crippen molar-refractivity contribution in [2.24, 2.45) is 5.73 Å². The number of benzene rings is 2. The van der Waals surface area contributed by atoms with Crippen LogP contribution >= 0.6 is 0 Å². The number of hydrogen-bond donors (Lipinski definition) is 2. The molecule has 1 aliphatic carbocycles. The van der Waals surface area contributed by atoms with Gasteiger partial charge in [0.05, 0.1) is 0 Å². The maximum Gasteiger partial charge on any atom is 0.218 e. The van der Waals surface area contributed by atoms with Crippen LogP contribution in [-0.2, 0) is 11.2 Å². The van der Waals surface area contributed by atoms with E-state index in [1.54, 1.807) is 0 Å². The maximum atomic E-state index is 10.8. The molecule has 1 atom stereocenters. The molecule has 0 saturated carbocycles. The lowest BCUT2D eigenvalue weighted by atomic mass is 10.0. The molecule has 0 heterocycles. The molecule has 0 bridgehead atoms. The number of amides is 1. The van der Waals surface area contributed by atoms with E-state index in [0.29, 0.717) is 13.0 Å². The van der Waals surface area contributed by atoms with Crippen molar-refractivity contribution in [1.29, 1.82) is 0 Å². The Morgan fingerprint density at radius 3 is 2.76 bits per heavy atom. The van der Waals surface area contributed by atoms with Gasteiger partial charge in [-0.1, -0.05) is 42.5 Å². The number of hydrogen-bond acceptors (Lipinski definition) is 2. The summed E-state index contributed by atoms with van der Waals surface area (Å²) in [6.45, 7) is 2.73. The van der Waals surface area contributed by atoms with Gasteiger partial charge in [-0.3, -0.25) is 4.79 Å². The number of carbonyl (C=O) groups is 1. The van der Waals surface area contributed by atoms with E-state index in [2.05, 4.69) is 54.7 Å². The smallest absolute Gasteiger partial charge is 0.218 e. The van der Waals surface area contributed by atoms with Crippen LogP contribution in [0.4, 0.5) is 0 Å². The van der Waals surface area contributed by atoms with E-state index in [9.17, 15) is 4.79 Å². The van der Waals surface area contributed by atoms with E-state index in [1.165, 1.54) is 27.8 Å². The van der Waals surface area contributed by atoms with Crippen molar-refractivity contribution in [3.05, 3.63) is 59.2 Å². The molecule has 3 N–H and O–H groups in total. The Labute approximate surface area is 125 Å². The standard InChI is InChI=1S/C18H20N2O/c1-12(20-9-8-18(19)21)13-6-7-17-15(10-13)11-14-4-2-3-5-16(14)17/h2-7,10,12,20H,8-9,11H2,1H3,(H2,19,21). The van der Waals surface area contributed by atoms with E-state index in [4.69, 9.17) is 5.73 Å². The molecule has 2 aromatic carbocycles. The molecule has 0 aliphatic heterocycles. The summed E-state index contributed by atoms with van der Waals surface area (Å²) in [5.74, 6) is -0.265. The summed E-state index contributed by atoms with van der Waals surface area (Å²) < 4.78 is 0. The summed E-state index contributed by atoms with van der Waals surface area (Å²) in [5.41, 5.74) is 11.9. The zero-order valence-corrected chi connectivity index (χ0v) is 12.2. The Balaban J connectivity index is 1.76. The van der Waals surface area contributed by atoms with Gasteiger partial charge in [0, 0.05) is 19.0 Å². The molecule has 21 heavy (non-hydrogen) atoms. The highest BCUT2D eigenvalue weighted by Crippen LogP contribution is 2.37. The van der Waals surface area contributed by atoms with Crippen LogP contribution in [-0.4, -0.2) is 12.5 Å². The van der Waals surface area contributed by atoms with Crippen LogP contribution in [0.2, 0.25) is 0 Å². The van der Waals surface area contributed by atoms with Crippen LogP contribution in [0, 0.1) is 0 Å². The molecule has 0 radical (unpaired) electrons. The molecular weight excluding hydrogens is 260 g/mol. The largest absolute Gasteiger partial charge is 0.370 e. The number of primary amides is 1. The fraction of sp³-hybridized carbons (Fsp3) is 0.278. The van der Waals surface area contributed by atoms with Gasteiger partial charge < -0.3 is 11.1 Å². The van der Waals surface area contributed by atoms with Crippen molar-refractivity contribution in [3.8, 4) is 11.1 Å². The Kier molecular flexibility index (Phi) is 3.76. The predicted octanol–water partition coefficient (Wildman–Crippen LogP) is 2.78. The van der Waals surface area contributed by atoms with Gasteiger partial charge in [0.1, 0.15) is 0 Å². The molecule has 0 spiro atoms. The summed E-state index contributed by atoms with van der Waals surface area (Å²) in [6, 6.07) is 15.5. The number of rotatable bonds is 5. The quantitative estimate of drug-likeness (QED) is 0.755. The Morgan fingerprint density at radius 1 is 1.19 bits per heavy atom. The van der Waals surface area contributed by atoms with Gasteiger partial charge in [-0.15, -0.1) is 0 Å². The summed E-state index contributed by atoms with van der Waals surface area (Å²) in [5, 5.41) is 3.34. The normalized spacial score (nSPS) is 13.6. The molecular formula is C18H20N2O. The van der Waals surface area contributed by atoms with Gasteiger partial charge in [0.2, 0.25) is 5.91 Å². The van der Waals surface area contributed by atoms with Crippen LogP contribution < -0.4 is 11.1 Å². The second-order valence-electron chi connectivity index (χ2n) is 5.64. The van der Waals surface area contributed by atoms with E-state index in [0.717, 1.165) is 6.42 Å². The highest BCUT2D eigenvalue weighted by molar-refractivity contribution is 5.77. The van der Waals surface area contributed by atoms with Crippen molar-refractivity contribution in [2.75, 3.05) is 6.54 Å². The van der Waals surface area contributed by atoms with Gasteiger partial charge in [-0.25, -0.2) is 0 Å². The summed E-state index contributed by atoms with van der Waals surface area (Å²) >= 11 is 0. The Morgan fingerprint density at radius 2 is 1.95 bits per heavy atom. The average molecular weight is 280 g/mol. The first-order valence-corrected chi connectivity index (χ1v) is 7.38. The topological polar surface area (TPSA) is 55.1 Å². The highest BCUT2D eigenvalue weighted by atomic mass is 16.1. The van der Waals surface area contributed by atoms with Crippen molar-refractivity contribution in [1.82, 2.24) is 5.32 Å². The minimum Gasteiger partial charge on any atom is -0.370 e. The second kappa shape index (κ2) is 5.70. The average Bonchev–Trinajstić information content (AvgIpc) is 2.84. The van der Waals surface area contributed by atoms with Crippen molar-refractivity contribution < 1.29 is 4.79 Å². The van der Waals surface area contributed by atoms with Crippen LogP contribution in [0.15, 0.2) is 42.5 Å². The molecule has 0 aromatic heterocycles. The fourth-order valence-electron chi connectivity index (χ4n) is 2.96.